The van der Waals surface area contributed by atoms with Crippen LogP contribution in [0.1, 0.15) is 16.1 Å². The minimum absolute atomic E-state index is 0.246. The van der Waals surface area contributed by atoms with Gasteiger partial charge >= 0.3 is 0 Å². The Morgan fingerprint density at radius 1 is 1.14 bits per heavy atom. The zero-order valence-electron chi connectivity index (χ0n) is 12.0. The van der Waals surface area contributed by atoms with E-state index in [-0.39, 0.29) is 11.6 Å². The quantitative estimate of drug-likeness (QED) is 0.871. The summed E-state index contributed by atoms with van der Waals surface area (Å²) in [4.78, 5) is 19.7. The number of amides is 1. The Labute approximate surface area is 123 Å². The topological polar surface area (TPSA) is 73.3 Å². The number of carbonyl (C=O) groups excluding carboxylic acids is 1. The highest BCUT2D eigenvalue weighted by Gasteiger charge is 2.08. The molecule has 0 radical (unpaired) electrons. The van der Waals surface area contributed by atoms with E-state index in [0.717, 1.165) is 17.7 Å². The summed E-state index contributed by atoms with van der Waals surface area (Å²) in [5, 5.41) is 2.81. The van der Waals surface area contributed by atoms with Gasteiger partial charge in [-0.1, -0.05) is 12.1 Å². The third-order valence-corrected chi connectivity index (χ3v) is 2.94. The first-order chi connectivity index (χ1) is 10.2. The predicted octanol–water partition coefficient (Wildman–Crippen LogP) is 1.47. The van der Waals surface area contributed by atoms with E-state index in [4.69, 9.17) is 9.47 Å². The SMILES string of the molecule is COc1ccc(CCNC(=O)c2cc(OC)ncn2)cc1. The standard InChI is InChI=1S/C15H17N3O3/c1-20-12-5-3-11(4-6-12)7-8-16-15(19)13-9-14(21-2)18-10-17-13/h3-6,9-10H,7-8H2,1-2H3,(H,16,19). The molecule has 0 spiro atoms. The molecular formula is C15H17N3O3. The van der Waals surface area contributed by atoms with Gasteiger partial charge in [0.25, 0.3) is 5.91 Å². The molecule has 0 fully saturated rings. The van der Waals surface area contributed by atoms with Gasteiger partial charge in [-0.05, 0) is 24.1 Å². The van der Waals surface area contributed by atoms with Crippen molar-refractivity contribution < 1.29 is 14.3 Å². The van der Waals surface area contributed by atoms with Gasteiger partial charge in [0.05, 0.1) is 14.2 Å². The molecule has 1 aromatic carbocycles. The zero-order chi connectivity index (χ0) is 15.1. The van der Waals surface area contributed by atoms with Gasteiger partial charge in [-0.15, -0.1) is 0 Å². The van der Waals surface area contributed by atoms with Crippen LogP contribution in [0, 0.1) is 0 Å². The molecule has 6 nitrogen and oxygen atoms in total. The fraction of sp³-hybridized carbons (Fsp3) is 0.267. The Hall–Kier alpha value is -2.63. The maximum Gasteiger partial charge on any atom is 0.270 e. The lowest BCUT2D eigenvalue weighted by molar-refractivity contribution is 0.0948. The number of nitrogens with zero attached hydrogens (tertiary/aromatic N) is 2. The molecule has 0 atom stereocenters. The second kappa shape index (κ2) is 7.23. The smallest absolute Gasteiger partial charge is 0.270 e. The van der Waals surface area contributed by atoms with Crippen LogP contribution in [-0.4, -0.2) is 36.6 Å². The summed E-state index contributed by atoms with van der Waals surface area (Å²) < 4.78 is 10.1. The predicted molar refractivity (Wildman–Crippen MR) is 77.6 cm³/mol. The molecule has 0 aliphatic rings. The zero-order valence-corrected chi connectivity index (χ0v) is 12.0. The van der Waals surface area contributed by atoms with Gasteiger partial charge < -0.3 is 14.8 Å². The van der Waals surface area contributed by atoms with Crippen molar-refractivity contribution in [2.24, 2.45) is 0 Å². The van der Waals surface area contributed by atoms with Crippen LogP contribution in [-0.2, 0) is 6.42 Å². The summed E-state index contributed by atoms with van der Waals surface area (Å²) in [5.74, 6) is 0.936. The average Bonchev–Trinajstić information content (AvgIpc) is 2.55. The third kappa shape index (κ3) is 4.17. The van der Waals surface area contributed by atoms with E-state index < -0.39 is 0 Å². The van der Waals surface area contributed by atoms with Gasteiger partial charge in [-0.2, -0.15) is 0 Å². The van der Waals surface area contributed by atoms with Gasteiger partial charge in [0.15, 0.2) is 0 Å². The van der Waals surface area contributed by atoms with Crippen molar-refractivity contribution in [1.82, 2.24) is 15.3 Å². The third-order valence-electron chi connectivity index (χ3n) is 2.94. The lowest BCUT2D eigenvalue weighted by atomic mass is 10.1. The van der Waals surface area contributed by atoms with E-state index in [9.17, 15) is 4.79 Å². The second-order valence-corrected chi connectivity index (χ2v) is 4.30. The lowest BCUT2D eigenvalue weighted by Crippen LogP contribution is -2.26. The number of hydrogen-bond donors (Lipinski definition) is 1. The molecule has 2 aromatic rings. The Morgan fingerprint density at radius 3 is 2.57 bits per heavy atom. The van der Waals surface area contributed by atoms with E-state index >= 15 is 0 Å². The van der Waals surface area contributed by atoms with E-state index in [2.05, 4.69) is 15.3 Å². The molecule has 21 heavy (non-hydrogen) atoms. The normalized spacial score (nSPS) is 10.0. The number of ether oxygens (including phenoxy) is 2. The molecule has 0 saturated heterocycles. The van der Waals surface area contributed by atoms with Crippen molar-refractivity contribution in [3.05, 3.63) is 47.9 Å². The molecule has 110 valence electrons. The first kappa shape index (κ1) is 14.8. The van der Waals surface area contributed by atoms with Gasteiger partial charge in [-0.25, -0.2) is 9.97 Å². The van der Waals surface area contributed by atoms with Gasteiger partial charge in [0, 0.05) is 12.6 Å². The summed E-state index contributed by atoms with van der Waals surface area (Å²) >= 11 is 0. The molecule has 2 rings (SSSR count). The van der Waals surface area contributed by atoms with E-state index in [1.54, 1.807) is 7.11 Å². The molecule has 1 heterocycles. The maximum absolute atomic E-state index is 11.9. The van der Waals surface area contributed by atoms with E-state index in [1.807, 2.05) is 24.3 Å². The molecule has 0 aliphatic heterocycles. The summed E-state index contributed by atoms with van der Waals surface area (Å²) in [5.41, 5.74) is 1.41. The molecule has 1 N–H and O–H groups in total. The number of rotatable bonds is 6. The van der Waals surface area contributed by atoms with Crippen LogP contribution in [0.4, 0.5) is 0 Å². The number of benzene rings is 1. The van der Waals surface area contributed by atoms with Crippen molar-refractivity contribution in [3.8, 4) is 11.6 Å². The number of carbonyl (C=O) groups is 1. The minimum atomic E-state index is -0.246. The van der Waals surface area contributed by atoms with Crippen LogP contribution in [0.2, 0.25) is 0 Å². The van der Waals surface area contributed by atoms with Crippen LogP contribution >= 0.6 is 0 Å². The molecule has 0 unspecified atom stereocenters. The number of nitrogens with one attached hydrogen (secondary N) is 1. The van der Waals surface area contributed by atoms with Crippen molar-refractivity contribution in [2.45, 2.75) is 6.42 Å². The lowest BCUT2D eigenvalue weighted by Gasteiger charge is -2.06. The minimum Gasteiger partial charge on any atom is -0.497 e. The van der Waals surface area contributed by atoms with Crippen molar-refractivity contribution in [3.63, 3.8) is 0 Å². The first-order valence-electron chi connectivity index (χ1n) is 6.50. The second-order valence-electron chi connectivity index (χ2n) is 4.30. The van der Waals surface area contributed by atoms with E-state index in [1.165, 1.54) is 19.5 Å². The largest absolute Gasteiger partial charge is 0.497 e. The molecular weight excluding hydrogens is 270 g/mol. The number of hydrogen-bond acceptors (Lipinski definition) is 5. The maximum atomic E-state index is 11.9. The average molecular weight is 287 g/mol. The van der Waals surface area contributed by atoms with Crippen molar-refractivity contribution in [1.29, 1.82) is 0 Å². The van der Waals surface area contributed by atoms with Gasteiger partial charge in [0.2, 0.25) is 5.88 Å². The molecule has 0 bridgehead atoms. The highest BCUT2D eigenvalue weighted by atomic mass is 16.5. The highest BCUT2D eigenvalue weighted by Crippen LogP contribution is 2.11. The summed E-state index contributed by atoms with van der Waals surface area (Å²) in [6, 6.07) is 9.24. The van der Waals surface area contributed by atoms with Gasteiger partial charge in [0.1, 0.15) is 17.8 Å². The van der Waals surface area contributed by atoms with Crippen molar-refractivity contribution in [2.75, 3.05) is 20.8 Å². The number of methoxy groups -OCH3 is 2. The number of aromatic nitrogens is 2. The van der Waals surface area contributed by atoms with Crippen LogP contribution in [0.3, 0.4) is 0 Å². The highest BCUT2D eigenvalue weighted by molar-refractivity contribution is 5.92. The molecule has 1 aromatic heterocycles. The fourth-order valence-electron chi connectivity index (χ4n) is 1.78. The first-order valence-corrected chi connectivity index (χ1v) is 6.50. The molecule has 6 heteroatoms. The Morgan fingerprint density at radius 2 is 1.90 bits per heavy atom. The van der Waals surface area contributed by atoms with Crippen LogP contribution in [0.5, 0.6) is 11.6 Å². The van der Waals surface area contributed by atoms with E-state index in [0.29, 0.717) is 12.4 Å². The fourth-order valence-corrected chi connectivity index (χ4v) is 1.78. The Kier molecular flexibility index (Phi) is 5.09. The summed E-state index contributed by atoms with van der Waals surface area (Å²) in [6.45, 7) is 0.525. The summed E-state index contributed by atoms with van der Waals surface area (Å²) in [7, 11) is 3.12. The van der Waals surface area contributed by atoms with Gasteiger partial charge in [-0.3, -0.25) is 4.79 Å². The van der Waals surface area contributed by atoms with Crippen molar-refractivity contribution >= 4 is 5.91 Å². The van der Waals surface area contributed by atoms with Crippen LogP contribution in [0.25, 0.3) is 0 Å². The molecule has 0 saturated carbocycles. The van der Waals surface area contributed by atoms with Crippen LogP contribution in [0.15, 0.2) is 36.7 Å². The monoisotopic (exact) mass is 287 g/mol. The molecule has 1 amide bonds. The Bertz CT molecular complexity index is 599. The Balaban J connectivity index is 1.85. The summed E-state index contributed by atoms with van der Waals surface area (Å²) in [6.07, 6.45) is 2.04. The molecule has 0 aliphatic carbocycles. The van der Waals surface area contributed by atoms with Crippen LogP contribution < -0.4 is 14.8 Å².